The molecule has 0 aliphatic rings. The van der Waals surface area contributed by atoms with E-state index in [4.69, 9.17) is 4.74 Å². The van der Waals surface area contributed by atoms with Crippen LogP contribution in [0.15, 0.2) is 42.5 Å². The summed E-state index contributed by atoms with van der Waals surface area (Å²) in [6.45, 7) is 2.10. The molecule has 0 aromatic heterocycles. The fraction of sp³-hybridized carbons (Fsp3) is 0.286. The molecule has 0 spiro atoms. The molecule has 0 saturated heterocycles. The molecule has 84 valence electrons. The fourth-order valence-electron chi connectivity index (χ4n) is 1.73. The fourth-order valence-corrected chi connectivity index (χ4v) is 2.37. The van der Waals surface area contributed by atoms with Gasteiger partial charge in [0.2, 0.25) is 0 Å². The van der Waals surface area contributed by atoms with Gasteiger partial charge in [-0.2, -0.15) is 0 Å². The van der Waals surface area contributed by atoms with Crippen molar-refractivity contribution < 1.29 is 4.74 Å². The lowest BCUT2D eigenvalue weighted by atomic mass is 10.1. The molecule has 2 heteroatoms. The van der Waals surface area contributed by atoms with E-state index >= 15 is 0 Å². The van der Waals surface area contributed by atoms with E-state index in [1.54, 1.807) is 0 Å². The Morgan fingerprint density at radius 3 is 2.69 bits per heavy atom. The molecule has 1 atom stereocenters. The van der Waals surface area contributed by atoms with Crippen LogP contribution >= 0.6 is 15.9 Å². The van der Waals surface area contributed by atoms with Gasteiger partial charge in [0, 0.05) is 10.7 Å². The van der Waals surface area contributed by atoms with Crippen molar-refractivity contribution in [1.29, 1.82) is 0 Å². The van der Waals surface area contributed by atoms with Gasteiger partial charge in [-0.1, -0.05) is 52.3 Å². The molecule has 1 unspecified atom stereocenters. The normalized spacial score (nSPS) is 12.6. The molecule has 0 heterocycles. The van der Waals surface area contributed by atoms with E-state index in [0.29, 0.717) is 0 Å². The summed E-state index contributed by atoms with van der Waals surface area (Å²) in [5.41, 5.74) is 0. The lowest BCUT2D eigenvalue weighted by Gasteiger charge is -2.15. The van der Waals surface area contributed by atoms with Gasteiger partial charge >= 0.3 is 0 Å². The van der Waals surface area contributed by atoms with Gasteiger partial charge in [0.25, 0.3) is 0 Å². The third kappa shape index (κ3) is 2.56. The Morgan fingerprint density at radius 1 is 1.12 bits per heavy atom. The van der Waals surface area contributed by atoms with Crippen molar-refractivity contribution in [2.24, 2.45) is 0 Å². The van der Waals surface area contributed by atoms with Gasteiger partial charge < -0.3 is 4.74 Å². The molecule has 0 radical (unpaired) electrons. The van der Waals surface area contributed by atoms with Crippen LogP contribution in [0.4, 0.5) is 0 Å². The van der Waals surface area contributed by atoms with E-state index < -0.39 is 0 Å². The molecule has 0 amide bonds. The first-order valence-electron chi connectivity index (χ1n) is 5.51. The zero-order chi connectivity index (χ0) is 11.4. The molecule has 1 nitrogen and oxygen atoms in total. The summed E-state index contributed by atoms with van der Waals surface area (Å²) in [7, 11) is 0. The van der Waals surface area contributed by atoms with Crippen molar-refractivity contribution in [3.8, 4) is 5.75 Å². The summed E-state index contributed by atoms with van der Waals surface area (Å²) in [5, 5.41) is 3.39. The highest BCUT2D eigenvalue weighted by Crippen LogP contribution is 2.26. The van der Waals surface area contributed by atoms with Crippen LogP contribution in [0.1, 0.15) is 13.3 Å². The third-order valence-electron chi connectivity index (χ3n) is 2.59. The zero-order valence-corrected chi connectivity index (χ0v) is 10.9. The van der Waals surface area contributed by atoms with Crippen molar-refractivity contribution in [1.82, 2.24) is 0 Å². The molecule has 0 aliphatic heterocycles. The van der Waals surface area contributed by atoms with Crippen LogP contribution in [0.2, 0.25) is 0 Å². The van der Waals surface area contributed by atoms with Gasteiger partial charge in [-0.15, -0.1) is 0 Å². The largest absolute Gasteiger partial charge is 0.490 e. The third-order valence-corrected chi connectivity index (χ3v) is 3.05. The molecule has 0 N–H and O–H groups in total. The van der Waals surface area contributed by atoms with Gasteiger partial charge in [-0.05, 0) is 24.8 Å². The lowest BCUT2D eigenvalue weighted by molar-refractivity contribution is 0.222. The van der Waals surface area contributed by atoms with Crippen molar-refractivity contribution in [3.63, 3.8) is 0 Å². The van der Waals surface area contributed by atoms with E-state index in [9.17, 15) is 0 Å². The minimum atomic E-state index is 0.241. The molecule has 2 aromatic carbocycles. The molecule has 0 fully saturated rings. The van der Waals surface area contributed by atoms with E-state index in [2.05, 4.69) is 41.1 Å². The maximum Gasteiger partial charge on any atom is 0.127 e. The van der Waals surface area contributed by atoms with Crippen molar-refractivity contribution in [2.45, 2.75) is 19.4 Å². The standard InChI is InChI=1S/C14H15BrO/c1-11(9-10-15)16-14-8-4-6-12-5-2-3-7-13(12)14/h2-8,11H,9-10H2,1H3. The highest BCUT2D eigenvalue weighted by Gasteiger charge is 2.05. The Bertz CT molecular complexity index is 462. The molecule has 2 aromatic rings. The van der Waals surface area contributed by atoms with Gasteiger partial charge in [0.1, 0.15) is 5.75 Å². The second-order valence-corrected chi connectivity index (χ2v) is 4.68. The molecular weight excluding hydrogens is 264 g/mol. The first kappa shape index (κ1) is 11.5. The maximum atomic E-state index is 5.94. The first-order chi connectivity index (χ1) is 7.81. The Balaban J connectivity index is 2.30. The minimum Gasteiger partial charge on any atom is -0.490 e. The Labute approximate surface area is 105 Å². The van der Waals surface area contributed by atoms with Crippen LogP contribution in [0.25, 0.3) is 10.8 Å². The molecule has 2 rings (SSSR count). The number of hydrogen-bond donors (Lipinski definition) is 0. The molecule has 0 aliphatic carbocycles. The molecular formula is C14H15BrO. The van der Waals surface area contributed by atoms with Crippen molar-refractivity contribution in [3.05, 3.63) is 42.5 Å². The van der Waals surface area contributed by atoms with Crippen molar-refractivity contribution in [2.75, 3.05) is 5.33 Å². The summed E-state index contributed by atoms with van der Waals surface area (Å²) >= 11 is 3.43. The summed E-state index contributed by atoms with van der Waals surface area (Å²) in [5.74, 6) is 0.978. The van der Waals surface area contributed by atoms with E-state index in [0.717, 1.165) is 17.5 Å². The summed E-state index contributed by atoms with van der Waals surface area (Å²) in [4.78, 5) is 0. The maximum absolute atomic E-state index is 5.94. The topological polar surface area (TPSA) is 9.23 Å². The number of benzene rings is 2. The van der Waals surface area contributed by atoms with E-state index in [-0.39, 0.29) is 6.10 Å². The molecule has 0 bridgehead atoms. The Morgan fingerprint density at radius 2 is 1.88 bits per heavy atom. The average Bonchev–Trinajstić information content (AvgIpc) is 2.30. The summed E-state index contributed by atoms with van der Waals surface area (Å²) in [6, 6.07) is 14.5. The van der Waals surface area contributed by atoms with Crippen LogP contribution in [-0.4, -0.2) is 11.4 Å². The highest BCUT2D eigenvalue weighted by atomic mass is 79.9. The quantitative estimate of drug-likeness (QED) is 0.754. The second-order valence-electron chi connectivity index (χ2n) is 3.88. The van der Waals surface area contributed by atoms with Crippen LogP contribution < -0.4 is 4.74 Å². The predicted molar refractivity (Wildman–Crippen MR) is 72.4 cm³/mol. The first-order valence-corrected chi connectivity index (χ1v) is 6.64. The monoisotopic (exact) mass is 278 g/mol. The van der Waals surface area contributed by atoms with E-state index in [1.165, 1.54) is 10.8 Å². The minimum absolute atomic E-state index is 0.241. The SMILES string of the molecule is CC(CCBr)Oc1cccc2ccccc12. The number of hydrogen-bond acceptors (Lipinski definition) is 1. The number of ether oxygens (including phenoxy) is 1. The number of fused-ring (bicyclic) bond motifs is 1. The van der Waals surface area contributed by atoms with E-state index in [1.807, 2.05) is 24.3 Å². The van der Waals surface area contributed by atoms with Crippen molar-refractivity contribution >= 4 is 26.7 Å². The Hall–Kier alpha value is -1.02. The summed E-state index contributed by atoms with van der Waals surface area (Å²) < 4.78 is 5.94. The second kappa shape index (κ2) is 5.35. The number of halogens is 1. The zero-order valence-electron chi connectivity index (χ0n) is 9.32. The van der Waals surface area contributed by atoms with Gasteiger partial charge in [-0.25, -0.2) is 0 Å². The van der Waals surface area contributed by atoms with Gasteiger partial charge in [0.05, 0.1) is 6.10 Å². The van der Waals surface area contributed by atoms with Gasteiger partial charge in [0.15, 0.2) is 0 Å². The Kier molecular flexibility index (Phi) is 3.83. The number of rotatable bonds is 4. The van der Waals surface area contributed by atoms with Crippen LogP contribution in [0.3, 0.4) is 0 Å². The smallest absolute Gasteiger partial charge is 0.127 e. The lowest BCUT2D eigenvalue weighted by Crippen LogP contribution is -2.12. The highest BCUT2D eigenvalue weighted by molar-refractivity contribution is 9.09. The summed E-state index contributed by atoms with van der Waals surface area (Å²) in [6.07, 6.45) is 1.26. The van der Waals surface area contributed by atoms with Crippen LogP contribution in [0.5, 0.6) is 5.75 Å². The average molecular weight is 279 g/mol. The number of alkyl halides is 1. The van der Waals surface area contributed by atoms with Gasteiger partial charge in [-0.3, -0.25) is 0 Å². The predicted octanol–water partition coefficient (Wildman–Crippen LogP) is 4.39. The molecule has 16 heavy (non-hydrogen) atoms. The van der Waals surface area contributed by atoms with Crippen LogP contribution in [0, 0.1) is 0 Å². The van der Waals surface area contributed by atoms with Crippen LogP contribution in [-0.2, 0) is 0 Å². The molecule has 0 saturated carbocycles.